The number of esters is 1. The Morgan fingerprint density at radius 3 is 2.59 bits per heavy atom. The molecule has 0 saturated heterocycles. The lowest BCUT2D eigenvalue weighted by Gasteiger charge is -2.02. The summed E-state index contributed by atoms with van der Waals surface area (Å²) in [6.07, 6.45) is 1.30. The van der Waals surface area contributed by atoms with Crippen LogP contribution in [-0.2, 0) is 16.2 Å². The third-order valence-electron chi connectivity index (χ3n) is 3.64. The fraction of sp³-hybridized carbons (Fsp3) is 0.105. The zero-order valence-electron chi connectivity index (χ0n) is 14.3. The molecule has 138 valence electrons. The van der Waals surface area contributed by atoms with Gasteiger partial charge in [0.05, 0.1) is 24.6 Å². The molecule has 0 N–H and O–H groups in total. The fourth-order valence-electron chi connectivity index (χ4n) is 2.29. The number of nitrogens with zero attached hydrogens (tertiary/aromatic N) is 3. The van der Waals surface area contributed by atoms with Gasteiger partial charge in [-0.3, -0.25) is 0 Å². The molecule has 0 bridgehead atoms. The molecule has 27 heavy (non-hydrogen) atoms. The maximum Gasteiger partial charge on any atom is 0.359 e. The smallest absolute Gasteiger partial charge is 0.359 e. The van der Waals surface area contributed by atoms with Crippen LogP contribution >= 0.6 is 11.6 Å². The third kappa shape index (κ3) is 4.32. The molecule has 0 fully saturated rings. The van der Waals surface area contributed by atoms with Crippen molar-refractivity contribution in [3.63, 3.8) is 0 Å². The van der Waals surface area contributed by atoms with E-state index in [4.69, 9.17) is 21.2 Å². The summed E-state index contributed by atoms with van der Waals surface area (Å²) in [6.45, 7) is 0.134. The summed E-state index contributed by atoms with van der Waals surface area (Å²) in [4.78, 5) is 17.2. The van der Waals surface area contributed by atoms with Gasteiger partial charge in [0.2, 0.25) is 0 Å². The highest BCUT2D eigenvalue weighted by molar-refractivity contribution is 6.33. The minimum Gasteiger partial charge on any atom is -0.464 e. The van der Waals surface area contributed by atoms with Gasteiger partial charge in [0.1, 0.15) is 17.6 Å². The van der Waals surface area contributed by atoms with Gasteiger partial charge in [0, 0.05) is 0 Å². The van der Waals surface area contributed by atoms with E-state index in [0.717, 1.165) is 5.56 Å². The zero-order valence-corrected chi connectivity index (χ0v) is 15.1. The van der Waals surface area contributed by atoms with E-state index in [1.54, 1.807) is 24.3 Å². The Balaban J connectivity index is 1.83. The van der Waals surface area contributed by atoms with Crippen molar-refractivity contribution in [2.24, 2.45) is 5.16 Å². The van der Waals surface area contributed by atoms with Gasteiger partial charge in [-0.15, -0.1) is 0 Å². The van der Waals surface area contributed by atoms with Gasteiger partial charge < -0.3 is 9.57 Å². The molecule has 0 amide bonds. The molecule has 0 aliphatic rings. The average molecular weight is 388 g/mol. The number of oxime groups is 1. The Labute approximate surface area is 159 Å². The monoisotopic (exact) mass is 387 g/mol. The summed E-state index contributed by atoms with van der Waals surface area (Å²) in [6, 6.07) is 14.9. The lowest BCUT2D eigenvalue weighted by molar-refractivity contribution is 0.0593. The Morgan fingerprint density at radius 2 is 1.93 bits per heavy atom. The highest BCUT2D eigenvalue weighted by Crippen LogP contribution is 2.23. The van der Waals surface area contributed by atoms with E-state index in [2.05, 4.69) is 10.3 Å². The quantitative estimate of drug-likeness (QED) is 0.364. The first-order valence-electron chi connectivity index (χ1n) is 7.92. The minimum absolute atomic E-state index is 0.0143. The predicted octanol–water partition coefficient (Wildman–Crippen LogP) is 4.00. The molecule has 0 aliphatic carbocycles. The molecule has 2 aromatic carbocycles. The third-order valence-corrected chi connectivity index (χ3v) is 4.01. The van der Waals surface area contributed by atoms with E-state index in [1.165, 1.54) is 30.1 Å². The number of ether oxygens (including phenoxy) is 1. The largest absolute Gasteiger partial charge is 0.464 e. The highest BCUT2D eigenvalue weighted by Gasteiger charge is 2.22. The SMILES string of the molecule is COC(=O)c1nn(-c2ccccc2)c(Cl)c1/C=N/OCc1ccc(F)cc1. The summed E-state index contributed by atoms with van der Waals surface area (Å²) in [7, 11) is 1.25. The lowest BCUT2D eigenvalue weighted by atomic mass is 10.2. The summed E-state index contributed by atoms with van der Waals surface area (Å²) in [5.74, 6) is -0.975. The summed E-state index contributed by atoms with van der Waals surface area (Å²) in [5.41, 5.74) is 1.71. The first kappa shape index (κ1) is 18.6. The van der Waals surface area contributed by atoms with Crippen LogP contribution in [0.25, 0.3) is 5.69 Å². The molecular weight excluding hydrogens is 373 g/mol. The molecular formula is C19H15ClFN3O3. The predicted molar refractivity (Wildman–Crippen MR) is 98.7 cm³/mol. The Kier molecular flexibility index (Phi) is 5.83. The van der Waals surface area contributed by atoms with Crippen molar-refractivity contribution in [2.45, 2.75) is 6.61 Å². The number of carbonyl (C=O) groups excluding carboxylic acids is 1. The summed E-state index contributed by atoms with van der Waals surface area (Å²) < 4.78 is 19.1. The molecule has 0 radical (unpaired) electrons. The Bertz CT molecular complexity index is 956. The maximum absolute atomic E-state index is 12.9. The van der Waals surface area contributed by atoms with Gasteiger partial charge in [-0.2, -0.15) is 5.10 Å². The maximum atomic E-state index is 12.9. The molecule has 8 heteroatoms. The number of para-hydroxylation sites is 1. The number of methoxy groups -OCH3 is 1. The molecule has 0 spiro atoms. The molecule has 1 aromatic heterocycles. The standard InChI is InChI=1S/C19H15ClFN3O3/c1-26-19(25)17-16(11-22-27-12-13-7-9-14(21)10-8-13)18(20)24(23-17)15-5-3-2-4-6-15/h2-11H,12H2,1H3/b22-11+. The first-order chi connectivity index (χ1) is 13.1. The van der Waals surface area contributed by atoms with Crippen molar-refractivity contribution < 1.29 is 18.8 Å². The van der Waals surface area contributed by atoms with Crippen molar-refractivity contribution in [2.75, 3.05) is 7.11 Å². The van der Waals surface area contributed by atoms with Crippen LogP contribution in [-0.4, -0.2) is 29.1 Å². The number of aromatic nitrogens is 2. The number of carbonyl (C=O) groups is 1. The fourth-order valence-corrected chi connectivity index (χ4v) is 2.57. The van der Waals surface area contributed by atoms with E-state index in [1.807, 2.05) is 18.2 Å². The first-order valence-corrected chi connectivity index (χ1v) is 8.30. The van der Waals surface area contributed by atoms with Gasteiger partial charge in [-0.1, -0.05) is 47.1 Å². The number of halogens is 2. The van der Waals surface area contributed by atoms with Crippen LogP contribution in [0.15, 0.2) is 59.8 Å². The highest BCUT2D eigenvalue weighted by atomic mass is 35.5. The topological polar surface area (TPSA) is 65.7 Å². The Morgan fingerprint density at radius 1 is 1.22 bits per heavy atom. The van der Waals surface area contributed by atoms with Crippen LogP contribution in [0.2, 0.25) is 5.15 Å². The lowest BCUT2D eigenvalue weighted by Crippen LogP contribution is -2.06. The van der Waals surface area contributed by atoms with E-state index >= 15 is 0 Å². The van der Waals surface area contributed by atoms with E-state index in [9.17, 15) is 9.18 Å². The number of rotatable bonds is 6. The van der Waals surface area contributed by atoms with Gasteiger partial charge >= 0.3 is 5.97 Å². The van der Waals surface area contributed by atoms with Crippen molar-refractivity contribution in [1.29, 1.82) is 0 Å². The van der Waals surface area contributed by atoms with E-state index in [-0.39, 0.29) is 28.8 Å². The van der Waals surface area contributed by atoms with Gasteiger partial charge in [0.15, 0.2) is 5.69 Å². The molecule has 0 atom stereocenters. The molecule has 0 unspecified atom stereocenters. The van der Waals surface area contributed by atoms with Crippen LogP contribution in [0.5, 0.6) is 0 Å². The molecule has 6 nitrogen and oxygen atoms in total. The van der Waals surface area contributed by atoms with Gasteiger partial charge in [0.25, 0.3) is 0 Å². The van der Waals surface area contributed by atoms with Crippen molar-refractivity contribution in [3.05, 3.63) is 82.4 Å². The minimum atomic E-state index is -0.647. The molecule has 3 rings (SSSR count). The van der Waals surface area contributed by atoms with Crippen LogP contribution in [0, 0.1) is 5.82 Å². The Hall–Kier alpha value is -3.19. The van der Waals surface area contributed by atoms with Crippen LogP contribution in [0.1, 0.15) is 21.6 Å². The zero-order chi connectivity index (χ0) is 19.2. The molecule has 0 saturated carbocycles. The van der Waals surface area contributed by atoms with Gasteiger partial charge in [-0.25, -0.2) is 13.9 Å². The number of benzene rings is 2. The van der Waals surface area contributed by atoms with Gasteiger partial charge in [-0.05, 0) is 29.8 Å². The normalized spacial score (nSPS) is 10.9. The summed E-state index contributed by atoms with van der Waals surface area (Å²) >= 11 is 6.38. The summed E-state index contributed by atoms with van der Waals surface area (Å²) in [5, 5.41) is 8.25. The van der Waals surface area contributed by atoms with E-state index < -0.39 is 5.97 Å². The average Bonchev–Trinajstić information content (AvgIpc) is 3.03. The second-order valence-electron chi connectivity index (χ2n) is 5.43. The second-order valence-corrected chi connectivity index (χ2v) is 5.78. The second kappa shape index (κ2) is 8.46. The van der Waals surface area contributed by atoms with Crippen LogP contribution in [0.4, 0.5) is 4.39 Å². The number of hydrogen-bond donors (Lipinski definition) is 0. The molecule has 3 aromatic rings. The van der Waals surface area contributed by atoms with Crippen molar-refractivity contribution in [1.82, 2.24) is 9.78 Å². The number of hydrogen-bond acceptors (Lipinski definition) is 5. The van der Waals surface area contributed by atoms with E-state index in [0.29, 0.717) is 5.69 Å². The van der Waals surface area contributed by atoms with Crippen molar-refractivity contribution in [3.8, 4) is 5.69 Å². The molecule has 0 aliphatic heterocycles. The molecule has 1 heterocycles. The van der Waals surface area contributed by atoms with Crippen LogP contribution in [0.3, 0.4) is 0 Å². The van der Waals surface area contributed by atoms with Crippen molar-refractivity contribution >= 4 is 23.8 Å². The van der Waals surface area contributed by atoms with Crippen LogP contribution < -0.4 is 0 Å².